The maximum Gasteiger partial charge on any atom is 0.231 e. The normalized spacial score (nSPS) is 19.0. The molecule has 3 aromatic rings. The second kappa shape index (κ2) is 9.89. The molecule has 1 aromatic heterocycles. The van der Waals surface area contributed by atoms with Gasteiger partial charge in [0, 0.05) is 18.2 Å². The van der Waals surface area contributed by atoms with E-state index in [4.69, 9.17) is 23.9 Å². The predicted octanol–water partition coefficient (Wildman–Crippen LogP) is 2.04. The van der Waals surface area contributed by atoms with Gasteiger partial charge in [-0.3, -0.25) is 4.79 Å². The third-order valence-electron chi connectivity index (χ3n) is 7.55. The first-order valence-electron chi connectivity index (χ1n) is 12.7. The van der Waals surface area contributed by atoms with Crippen LogP contribution in [0.2, 0.25) is 0 Å². The first-order valence-corrected chi connectivity index (χ1v) is 12.7. The molecule has 2 aliphatic heterocycles. The van der Waals surface area contributed by atoms with Crippen LogP contribution >= 0.6 is 0 Å². The number of anilines is 1. The SMILES string of the molecule is COc1ccc([C@H]2CC(=O)c3cnc(N4CC[NH+](Cc5ccc6c(c5)OCO6)CC4)nc3C2)cc1OC. The standard InChI is InChI=1S/C28H30N4O5/c1-34-24-6-4-19(14-26(24)35-2)20-12-22-21(23(33)13-20)15-29-28(30-22)32-9-7-31(8-10-32)16-18-3-5-25-27(11-18)37-17-36-25/h3-6,11,14-15,20H,7-10,12-13,16-17H2,1-2H3/p+1/t20-/m1/s1. The smallest absolute Gasteiger partial charge is 0.231 e. The number of hydrogen-bond donors (Lipinski definition) is 1. The fourth-order valence-corrected chi connectivity index (χ4v) is 5.47. The predicted molar refractivity (Wildman–Crippen MR) is 136 cm³/mol. The molecule has 192 valence electrons. The minimum absolute atomic E-state index is 0.0468. The Hall–Kier alpha value is -3.85. The van der Waals surface area contributed by atoms with Crippen molar-refractivity contribution >= 4 is 11.7 Å². The Balaban J connectivity index is 1.13. The minimum Gasteiger partial charge on any atom is -0.493 e. The van der Waals surface area contributed by atoms with Gasteiger partial charge in [-0.2, -0.15) is 0 Å². The summed E-state index contributed by atoms with van der Waals surface area (Å²) in [4.78, 5) is 26.2. The van der Waals surface area contributed by atoms with E-state index in [9.17, 15) is 4.79 Å². The average Bonchev–Trinajstić information content (AvgIpc) is 3.41. The lowest BCUT2D eigenvalue weighted by Crippen LogP contribution is -3.13. The van der Waals surface area contributed by atoms with Gasteiger partial charge in [0.1, 0.15) is 6.54 Å². The van der Waals surface area contributed by atoms with E-state index in [1.54, 1.807) is 20.4 Å². The number of ether oxygens (including phenoxy) is 4. The van der Waals surface area contributed by atoms with Gasteiger partial charge in [0.05, 0.1) is 51.7 Å². The van der Waals surface area contributed by atoms with Gasteiger partial charge in [-0.05, 0) is 48.2 Å². The van der Waals surface area contributed by atoms with Gasteiger partial charge in [0.2, 0.25) is 12.7 Å². The fourth-order valence-electron chi connectivity index (χ4n) is 5.47. The first-order chi connectivity index (χ1) is 18.1. The summed E-state index contributed by atoms with van der Waals surface area (Å²) < 4.78 is 21.8. The number of fused-ring (bicyclic) bond motifs is 2. The van der Waals surface area contributed by atoms with Crippen LogP contribution < -0.4 is 28.7 Å². The number of nitrogens with zero attached hydrogens (tertiary/aromatic N) is 3. The summed E-state index contributed by atoms with van der Waals surface area (Å²) in [5, 5.41) is 0. The van der Waals surface area contributed by atoms with Crippen molar-refractivity contribution in [2.45, 2.75) is 25.3 Å². The van der Waals surface area contributed by atoms with Crippen LogP contribution in [0.4, 0.5) is 5.95 Å². The van der Waals surface area contributed by atoms with E-state index in [1.165, 1.54) is 10.5 Å². The molecule has 0 spiro atoms. The molecule has 9 nitrogen and oxygen atoms in total. The maximum absolute atomic E-state index is 13.0. The van der Waals surface area contributed by atoms with Crippen molar-refractivity contribution in [3.63, 3.8) is 0 Å². The number of carbonyl (C=O) groups is 1. The quantitative estimate of drug-likeness (QED) is 0.547. The van der Waals surface area contributed by atoms with E-state index >= 15 is 0 Å². The Labute approximate surface area is 215 Å². The van der Waals surface area contributed by atoms with Gasteiger partial charge < -0.3 is 28.7 Å². The lowest BCUT2D eigenvalue weighted by atomic mass is 9.82. The van der Waals surface area contributed by atoms with Crippen molar-refractivity contribution in [3.8, 4) is 23.0 Å². The highest BCUT2D eigenvalue weighted by Crippen LogP contribution is 2.37. The van der Waals surface area contributed by atoms with E-state index in [1.807, 2.05) is 24.3 Å². The van der Waals surface area contributed by atoms with Gasteiger partial charge in [-0.25, -0.2) is 9.97 Å². The number of aromatic nitrogens is 2. The lowest BCUT2D eigenvalue weighted by molar-refractivity contribution is -0.914. The van der Waals surface area contributed by atoms with Crippen LogP contribution in [-0.2, 0) is 13.0 Å². The van der Waals surface area contributed by atoms with Crippen molar-refractivity contribution in [1.29, 1.82) is 0 Å². The van der Waals surface area contributed by atoms with Gasteiger partial charge >= 0.3 is 0 Å². The molecular weight excluding hydrogens is 472 g/mol. The fraction of sp³-hybridized carbons (Fsp3) is 0.393. The summed E-state index contributed by atoms with van der Waals surface area (Å²) in [7, 11) is 3.24. The van der Waals surface area contributed by atoms with E-state index in [0.29, 0.717) is 42.6 Å². The number of piperazine rings is 1. The number of ketones is 1. The summed E-state index contributed by atoms with van der Waals surface area (Å²) in [5.74, 6) is 3.85. The van der Waals surface area contributed by atoms with E-state index in [-0.39, 0.29) is 11.7 Å². The van der Waals surface area contributed by atoms with Gasteiger partial charge in [0.15, 0.2) is 28.8 Å². The van der Waals surface area contributed by atoms with Crippen molar-refractivity contribution < 1.29 is 28.6 Å². The monoisotopic (exact) mass is 503 g/mol. The molecule has 0 radical (unpaired) electrons. The Kier molecular flexibility index (Phi) is 6.30. The van der Waals surface area contributed by atoms with Crippen LogP contribution in [0.1, 0.15) is 39.5 Å². The number of Topliss-reactive ketones (excluding diaryl/α,β-unsaturated/α-hetero) is 1. The molecule has 3 heterocycles. The highest BCUT2D eigenvalue weighted by Gasteiger charge is 2.30. The second-order valence-electron chi connectivity index (χ2n) is 9.77. The Morgan fingerprint density at radius 3 is 2.62 bits per heavy atom. The molecule has 1 saturated heterocycles. The molecule has 0 bridgehead atoms. The molecule has 2 aromatic carbocycles. The number of methoxy groups -OCH3 is 2. The van der Waals surface area contributed by atoms with Crippen molar-refractivity contribution in [2.75, 3.05) is 52.1 Å². The largest absolute Gasteiger partial charge is 0.493 e. The second-order valence-corrected chi connectivity index (χ2v) is 9.77. The molecular formula is C28H31N4O5+. The van der Waals surface area contributed by atoms with Crippen LogP contribution in [0.3, 0.4) is 0 Å². The molecule has 1 aliphatic carbocycles. The van der Waals surface area contributed by atoms with Crippen molar-refractivity contribution in [3.05, 3.63) is 65.0 Å². The molecule has 1 fully saturated rings. The molecule has 9 heteroatoms. The number of quaternary nitrogens is 1. The van der Waals surface area contributed by atoms with Crippen molar-refractivity contribution in [2.24, 2.45) is 0 Å². The van der Waals surface area contributed by atoms with Crippen LogP contribution in [0.15, 0.2) is 42.6 Å². The van der Waals surface area contributed by atoms with E-state index in [0.717, 1.165) is 55.5 Å². The minimum atomic E-state index is 0.0468. The summed E-state index contributed by atoms with van der Waals surface area (Å²) in [6.45, 7) is 4.95. The number of benzene rings is 2. The Bertz CT molecular complexity index is 1320. The van der Waals surface area contributed by atoms with Gasteiger partial charge in [-0.1, -0.05) is 6.07 Å². The van der Waals surface area contributed by atoms with Crippen molar-refractivity contribution in [1.82, 2.24) is 9.97 Å². The third-order valence-corrected chi connectivity index (χ3v) is 7.55. The number of carbonyl (C=O) groups excluding carboxylic acids is 1. The Morgan fingerprint density at radius 1 is 1.00 bits per heavy atom. The summed E-state index contributed by atoms with van der Waals surface area (Å²) in [5.41, 5.74) is 3.78. The van der Waals surface area contributed by atoms with Gasteiger partial charge in [0.25, 0.3) is 0 Å². The summed E-state index contributed by atoms with van der Waals surface area (Å²) in [6, 6.07) is 12.1. The zero-order valence-corrected chi connectivity index (χ0v) is 21.2. The number of rotatable bonds is 6. The zero-order valence-electron chi connectivity index (χ0n) is 21.2. The van der Waals surface area contributed by atoms with Gasteiger partial charge in [-0.15, -0.1) is 0 Å². The van der Waals surface area contributed by atoms with E-state index < -0.39 is 0 Å². The van der Waals surface area contributed by atoms with Crippen LogP contribution in [0.5, 0.6) is 23.0 Å². The number of hydrogen-bond acceptors (Lipinski definition) is 8. The molecule has 0 amide bonds. The molecule has 1 N–H and O–H groups in total. The summed E-state index contributed by atoms with van der Waals surface area (Å²) in [6.07, 6.45) is 2.85. The molecule has 6 rings (SSSR count). The molecule has 0 saturated carbocycles. The molecule has 3 aliphatic rings. The average molecular weight is 504 g/mol. The Morgan fingerprint density at radius 2 is 1.81 bits per heavy atom. The molecule has 0 unspecified atom stereocenters. The third kappa shape index (κ3) is 4.67. The zero-order chi connectivity index (χ0) is 25.4. The highest BCUT2D eigenvalue weighted by atomic mass is 16.7. The molecule has 37 heavy (non-hydrogen) atoms. The highest BCUT2D eigenvalue weighted by molar-refractivity contribution is 5.98. The van der Waals surface area contributed by atoms with Crippen LogP contribution in [0.25, 0.3) is 0 Å². The van der Waals surface area contributed by atoms with Crippen LogP contribution in [-0.4, -0.2) is 62.9 Å². The van der Waals surface area contributed by atoms with E-state index in [2.05, 4.69) is 22.0 Å². The summed E-state index contributed by atoms with van der Waals surface area (Å²) >= 11 is 0. The maximum atomic E-state index is 13.0. The molecule has 1 atom stereocenters. The number of nitrogens with one attached hydrogen (secondary N) is 1. The first kappa shape index (κ1) is 23.5. The lowest BCUT2D eigenvalue weighted by Gasteiger charge is -2.33. The topological polar surface area (TPSA) is 87.5 Å². The van der Waals surface area contributed by atoms with Crippen LogP contribution in [0, 0.1) is 0 Å².